The molecule has 6 heteroatoms. The van der Waals surface area contributed by atoms with Gasteiger partial charge in [-0.25, -0.2) is 0 Å². The summed E-state index contributed by atoms with van der Waals surface area (Å²) in [6.07, 6.45) is 1.47. The number of aryl methyl sites for hydroxylation is 2. The number of amides is 2. The van der Waals surface area contributed by atoms with Gasteiger partial charge >= 0.3 is 0 Å². The third-order valence-electron chi connectivity index (χ3n) is 4.06. The molecule has 2 atom stereocenters. The van der Waals surface area contributed by atoms with E-state index in [-0.39, 0.29) is 11.8 Å². The molecule has 0 bridgehead atoms. The normalized spacial score (nSPS) is 22.6. The number of rotatable bonds is 5. The van der Waals surface area contributed by atoms with Crippen LogP contribution in [0.15, 0.2) is 6.07 Å². The minimum atomic E-state index is -0.439. The standard InChI is InChI=1S/C15H24N4O2/c1-5-11-8-12(19(7-3)17-11)9-18-10(4)14(20)16-13(6-2)15(18)21/h8,10,13H,5-7,9H2,1-4H3,(H,16,20). The fraction of sp³-hybridized carbons (Fsp3) is 0.667. The maximum atomic E-state index is 12.5. The summed E-state index contributed by atoms with van der Waals surface area (Å²) in [7, 11) is 0. The molecular weight excluding hydrogens is 268 g/mol. The number of aromatic nitrogens is 2. The molecule has 1 saturated heterocycles. The van der Waals surface area contributed by atoms with Gasteiger partial charge in [0.2, 0.25) is 11.8 Å². The van der Waals surface area contributed by atoms with Crippen LogP contribution in [0.5, 0.6) is 0 Å². The second-order valence-electron chi connectivity index (χ2n) is 5.41. The van der Waals surface area contributed by atoms with Crippen LogP contribution in [0.3, 0.4) is 0 Å². The molecule has 1 aliphatic rings. The van der Waals surface area contributed by atoms with E-state index in [2.05, 4.69) is 17.3 Å². The zero-order valence-electron chi connectivity index (χ0n) is 13.2. The summed E-state index contributed by atoms with van der Waals surface area (Å²) in [6.45, 7) is 8.95. The molecule has 1 N–H and O–H groups in total. The summed E-state index contributed by atoms with van der Waals surface area (Å²) in [5.41, 5.74) is 2.00. The highest BCUT2D eigenvalue weighted by Gasteiger charge is 2.37. The van der Waals surface area contributed by atoms with E-state index in [9.17, 15) is 9.59 Å². The topological polar surface area (TPSA) is 67.2 Å². The highest BCUT2D eigenvalue weighted by atomic mass is 16.2. The molecule has 1 fully saturated rings. The summed E-state index contributed by atoms with van der Waals surface area (Å²) in [5, 5.41) is 7.27. The Morgan fingerprint density at radius 1 is 1.29 bits per heavy atom. The zero-order chi connectivity index (χ0) is 15.6. The molecule has 0 spiro atoms. The third-order valence-corrected chi connectivity index (χ3v) is 4.06. The minimum absolute atomic E-state index is 0.00787. The first-order chi connectivity index (χ1) is 10.0. The molecule has 116 valence electrons. The van der Waals surface area contributed by atoms with Gasteiger partial charge in [0.15, 0.2) is 0 Å². The third kappa shape index (κ3) is 2.94. The van der Waals surface area contributed by atoms with Crippen molar-refractivity contribution in [1.82, 2.24) is 20.0 Å². The molecule has 2 rings (SSSR count). The summed E-state index contributed by atoms with van der Waals surface area (Å²) in [6, 6.07) is 1.18. The van der Waals surface area contributed by atoms with Crippen molar-refractivity contribution >= 4 is 11.8 Å². The Hall–Kier alpha value is -1.85. The Bertz CT molecular complexity index is 538. The van der Waals surface area contributed by atoms with Gasteiger partial charge < -0.3 is 10.2 Å². The van der Waals surface area contributed by atoms with Gasteiger partial charge in [0.1, 0.15) is 12.1 Å². The molecule has 1 aliphatic heterocycles. The zero-order valence-corrected chi connectivity index (χ0v) is 13.2. The van der Waals surface area contributed by atoms with Crippen molar-refractivity contribution in [2.45, 2.75) is 65.7 Å². The Labute approximate surface area is 125 Å². The highest BCUT2D eigenvalue weighted by Crippen LogP contribution is 2.17. The summed E-state index contributed by atoms with van der Waals surface area (Å²) in [4.78, 5) is 26.1. The number of nitrogens with one attached hydrogen (secondary N) is 1. The van der Waals surface area contributed by atoms with Gasteiger partial charge in [0.05, 0.1) is 17.9 Å². The van der Waals surface area contributed by atoms with Crippen LogP contribution >= 0.6 is 0 Å². The van der Waals surface area contributed by atoms with Gasteiger partial charge in [-0.1, -0.05) is 13.8 Å². The molecule has 6 nitrogen and oxygen atoms in total. The van der Waals surface area contributed by atoms with E-state index in [1.54, 1.807) is 11.8 Å². The van der Waals surface area contributed by atoms with Gasteiger partial charge in [0, 0.05) is 6.54 Å². The van der Waals surface area contributed by atoms with E-state index in [4.69, 9.17) is 0 Å². The maximum Gasteiger partial charge on any atom is 0.246 e. The lowest BCUT2D eigenvalue weighted by Crippen LogP contribution is -2.61. The number of piperazine rings is 1. The Kier molecular flexibility index (Phi) is 4.65. The van der Waals surface area contributed by atoms with Crippen LogP contribution in [0.25, 0.3) is 0 Å². The van der Waals surface area contributed by atoms with Crippen molar-refractivity contribution < 1.29 is 9.59 Å². The van der Waals surface area contributed by atoms with Gasteiger partial charge in [-0.15, -0.1) is 0 Å². The Balaban J connectivity index is 2.25. The fourth-order valence-electron chi connectivity index (χ4n) is 2.64. The minimum Gasteiger partial charge on any atom is -0.343 e. The lowest BCUT2D eigenvalue weighted by Gasteiger charge is -2.37. The van der Waals surface area contributed by atoms with Crippen LogP contribution in [0, 0.1) is 0 Å². The first kappa shape index (κ1) is 15.5. The first-order valence-electron chi connectivity index (χ1n) is 7.68. The van der Waals surface area contributed by atoms with E-state index in [1.807, 2.05) is 24.6 Å². The average molecular weight is 292 g/mol. The molecule has 0 radical (unpaired) electrons. The second-order valence-corrected chi connectivity index (χ2v) is 5.41. The predicted molar refractivity (Wildman–Crippen MR) is 79.5 cm³/mol. The predicted octanol–water partition coefficient (Wildman–Crippen LogP) is 1.09. The van der Waals surface area contributed by atoms with Crippen molar-refractivity contribution in [2.24, 2.45) is 0 Å². The van der Waals surface area contributed by atoms with E-state index >= 15 is 0 Å². The molecule has 2 unspecified atom stereocenters. The summed E-state index contributed by atoms with van der Waals surface area (Å²) < 4.78 is 1.91. The second kappa shape index (κ2) is 6.28. The van der Waals surface area contributed by atoms with E-state index < -0.39 is 12.1 Å². The van der Waals surface area contributed by atoms with Crippen LogP contribution in [-0.4, -0.2) is 38.6 Å². The number of nitrogens with zero attached hydrogens (tertiary/aromatic N) is 3. The summed E-state index contributed by atoms with van der Waals surface area (Å²) >= 11 is 0. The van der Waals surface area contributed by atoms with Crippen molar-refractivity contribution in [3.63, 3.8) is 0 Å². The molecule has 21 heavy (non-hydrogen) atoms. The summed E-state index contributed by atoms with van der Waals surface area (Å²) in [5.74, 6) is -0.0915. The quantitative estimate of drug-likeness (QED) is 0.883. The van der Waals surface area contributed by atoms with E-state index in [1.165, 1.54) is 0 Å². The number of carbonyl (C=O) groups is 2. The van der Waals surface area contributed by atoms with Gasteiger partial charge in [-0.05, 0) is 32.8 Å². The van der Waals surface area contributed by atoms with Crippen LogP contribution in [-0.2, 0) is 29.1 Å². The van der Waals surface area contributed by atoms with Gasteiger partial charge in [0.25, 0.3) is 0 Å². The van der Waals surface area contributed by atoms with Crippen LogP contribution in [0.1, 0.15) is 45.5 Å². The Morgan fingerprint density at radius 3 is 2.57 bits per heavy atom. The molecule has 0 aromatic carbocycles. The first-order valence-corrected chi connectivity index (χ1v) is 7.68. The van der Waals surface area contributed by atoms with Gasteiger partial charge in [-0.2, -0.15) is 5.10 Å². The number of hydrogen-bond acceptors (Lipinski definition) is 3. The largest absolute Gasteiger partial charge is 0.343 e. The number of carbonyl (C=O) groups excluding carboxylic acids is 2. The highest BCUT2D eigenvalue weighted by molar-refractivity contribution is 5.96. The van der Waals surface area contributed by atoms with E-state index in [0.717, 1.165) is 24.4 Å². The maximum absolute atomic E-state index is 12.5. The van der Waals surface area contributed by atoms with E-state index in [0.29, 0.717) is 13.0 Å². The van der Waals surface area contributed by atoms with Crippen LogP contribution in [0.4, 0.5) is 0 Å². The smallest absolute Gasteiger partial charge is 0.246 e. The lowest BCUT2D eigenvalue weighted by molar-refractivity contribution is -0.149. The van der Waals surface area contributed by atoms with Crippen LogP contribution < -0.4 is 5.32 Å². The Morgan fingerprint density at radius 2 is 2.00 bits per heavy atom. The van der Waals surface area contributed by atoms with Crippen LogP contribution in [0.2, 0.25) is 0 Å². The van der Waals surface area contributed by atoms with Gasteiger partial charge in [-0.3, -0.25) is 14.3 Å². The molecular formula is C15H24N4O2. The fourth-order valence-corrected chi connectivity index (χ4v) is 2.64. The molecule has 0 aliphatic carbocycles. The lowest BCUT2D eigenvalue weighted by atomic mass is 10.1. The van der Waals surface area contributed by atoms with Crippen molar-refractivity contribution in [2.75, 3.05) is 0 Å². The monoisotopic (exact) mass is 292 g/mol. The molecule has 1 aromatic rings. The number of hydrogen-bond donors (Lipinski definition) is 1. The molecule has 2 amide bonds. The van der Waals surface area contributed by atoms with Crippen molar-refractivity contribution in [3.8, 4) is 0 Å². The SMILES string of the molecule is CCc1cc(CN2C(=O)C(CC)NC(=O)C2C)n(CC)n1. The molecule has 1 aromatic heterocycles. The molecule has 2 heterocycles. The van der Waals surface area contributed by atoms with Crippen molar-refractivity contribution in [3.05, 3.63) is 17.5 Å². The molecule has 0 saturated carbocycles. The average Bonchev–Trinajstić information content (AvgIpc) is 2.89. The van der Waals surface area contributed by atoms with Crippen molar-refractivity contribution in [1.29, 1.82) is 0 Å².